The molecule has 3 rings (SSSR count). The molecule has 2 heterocycles. The Hall–Kier alpha value is -4.07. The highest BCUT2D eigenvalue weighted by Gasteiger charge is 2.13. The van der Waals surface area contributed by atoms with Gasteiger partial charge < -0.3 is 21.2 Å². The summed E-state index contributed by atoms with van der Waals surface area (Å²) in [6.45, 7) is 0.674. The molecule has 0 atom stereocenters. The predicted molar refractivity (Wildman–Crippen MR) is 113 cm³/mol. The van der Waals surface area contributed by atoms with Crippen molar-refractivity contribution in [3.63, 3.8) is 0 Å². The summed E-state index contributed by atoms with van der Waals surface area (Å²) in [6.07, 6.45) is 1.47. The summed E-state index contributed by atoms with van der Waals surface area (Å²) in [5.41, 5.74) is 14.5. The van der Waals surface area contributed by atoms with E-state index in [9.17, 15) is 4.39 Å². The molecule has 0 saturated carbocycles. The van der Waals surface area contributed by atoms with Crippen molar-refractivity contribution >= 4 is 11.6 Å². The van der Waals surface area contributed by atoms with Gasteiger partial charge in [-0.1, -0.05) is 6.07 Å². The van der Waals surface area contributed by atoms with E-state index in [0.717, 1.165) is 11.4 Å². The Bertz CT molecular complexity index is 1160. The SMILES string of the molecule is COCc1cccc(CN(N)/C=C(\N)c2cc(-c3cc(C#N)ccc3F)nc(N)n2)n1. The Morgan fingerprint density at radius 1 is 1.19 bits per heavy atom. The molecular weight excluding hydrogens is 399 g/mol. The van der Waals surface area contributed by atoms with Crippen LogP contribution < -0.4 is 17.3 Å². The first-order chi connectivity index (χ1) is 14.9. The van der Waals surface area contributed by atoms with Crippen LogP contribution in [-0.4, -0.2) is 27.1 Å². The van der Waals surface area contributed by atoms with Gasteiger partial charge in [0.25, 0.3) is 0 Å². The van der Waals surface area contributed by atoms with Crippen LogP contribution in [0.1, 0.15) is 22.6 Å². The lowest BCUT2D eigenvalue weighted by Crippen LogP contribution is -2.26. The van der Waals surface area contributed by atoms with Crippen molar-refractivity contribution in [1.82, 2.24) is 20.0 Å². The van der Waals surface area contributed by atoms with Crippen molar-refractivity contribution in [2.45, 2.75) is 13.2 Å². The number of hydrazine groups is 1. The first-order valence-corrected chi connectivity index (χ1v) is 9.17. The molecule has 0 radical (unpaired) electrons. The number of benzene rings is 1. The van der Waals surface area contributed by atoms with Crippen molar-refractivity contribution in [1.29, 1.82) is 5.26 Å². The fourth-order valence-electron chi connectivity index (χ4n) is 2.87. The number of methoxy groups -OCH3 is 1. The molecule has 0 amide bonds. The lowest BCUT2D eigenvalue weighted by Gasteiger charge is -2.15. The monoisotopic (exact) mass is 420 g/mol. The molecule has 0 aliphatic carbocycles. The molecule has 0 bridgehead atoms. The van der Waals surface area contributed by atoms with Gasteiger partial charge in [0, 0.05) is 18.9 Å². The van der Waals surface area contributed by atoms with Crippen LogP contribution in [0.5, 0.6) is 0 Å². The number of aromatic nitrogens is 3. The highest BCUT2D eigenvalue weighted by Crippen LogP contribution is 2.24. The van der Waals surface area contributed by atoms with Gasteiger partial charge >= 0.3 is 0 Å². The maximum absolute atomic E-state index is 14.3. The molecular formula is C21H21FN8O. The molecule has 6 N–H and O–H groups in total. The lowest BCUT2D eigenvalue weighted by atomic mass is 10.1. The van der Waals surface area contributed by atoms with Crippen LogP contribution in [0, 0.1) is 17.1 Å². The first kappa shape index (κ1) is 21.6. The maximum atomic E-state index is 14.3. The normalized spacial score (nSPS) is 11.2. The summed E-state index contributed by atoms with van der Waals surface area (Å²) in [7, 11) is 1.59. The molecule has 10 heteroatoms. The van der Waals surface area contributed by atoms with E-state index in [1.165, 1.54) is 35.5 Å². The number of hydrogen-bond donors (Lipinski definition) is 3. The Kier molecular flexibility index (Phi) is 6.71. The van der Waals surface area contributed by atoms with Crippen LogP contribution in [0.3, 0.4) is 0 Å². The van der Waals surface area contributed by atoms with E-state index >= 15 is 0 Å². The molecule has 158 valence electrons. The van der Waals surface area contributed by atoms with E-state index in [1.54, 1.807) is 7.11 Å². The predicted octanol–water partition coefficient (Wildman–Crippen LogP) is 1.91. The number of rotatable bonds is 7. The molecule has 31 heavy (non-hydrogen) atoms. The standard InChI is InChI=1S/C21H21FN8O/c1-31-12-15-4-2-3-14(27-15)10-30(26)11-18(24)20-8-19(28-21(25)29-20)16-7-13(9-23)5-6-17(16)22/h2-8,11H,10,12,24,26H2,1H3,(H2,25,28,29)/b18-11-. The minimum absolute atomic E-state index is 0.0943. The number of pyridine rings is 1. The zero-order valence-corrected chi connectivity index (χ0v) is 16.8. The van der Waals surface area contributed by atoms with E-state index in [1.807, 2.05) is 24.3 Å². The topological polar surface area (TPSA) is 153 Å². The quantitative estimate of drug-likeness (QED) is 0.384. The molecule has 2 aromatic heterocycles. The number of anilines is 1. The Morgan fingerprint density at radius 2 is 1.97 bits per heavy atom. The average Bonchev–Trinajstić information content (AvgIpc) is 2.74. The number of ether oxygens (including phenoxy) is 1. The second-order valence-corrected chi connectivity index (χ2v) is 6.61. The van der Waals surface area contributed by atoms with E-state index in [-0.39, 0.29) is 40.7 Å². The molecule has 9 nitrogen and oxygen atoms in total. The van der Waals surface area contributed by atoms with Crippen LogP contribution in [0.2, 0.25) is 0 Å². The van der Waals surface area contributed by atoms with Gasteiger partial charge in [0.2, 0.25) is 5.95 Å². The number of hydrogen-bond acceptors (Lipinski definition) is 9. The van der Waals surface area contributed by atoms with Crippen molar-refractivity contribution in [2.24, 2.45) is 11.6 Å². The summed E-state index contributed by atoms with van der Waals surface area (Å²) in [4.78, 5) is 12.6. The van der Waals surface area contributed by atoms with Crippen molar-refractivity contribution in [3.8, 4) is 17.3 Å². The second kappa shape index (κ2) is 9.62. The van der Waals surface area contributed by atoms with Gasteiger partial charge in [-0.25, -0.2) is 20.2 Å². The molecule has 3 aromatic rings. The van der Waals surface area contributed by atoms with Crippen LogP contribution in [0.25, 0.3) is 17.0 Å². The van der Waals surface area contributed by atoms with Gasteiger partial charge in [-0.2, -0.15) is 5.26 Å². The number of nitrogen functional groups attached to an aromatic ring is 1. The molecule has 0 aliphatic rings. The largest absolute Gasteiger partial charge is 0.396 e. The number of nitriles is 1. The third-order valence-electron chi connectivity index (χ3n) is 4.22. The van der Waals surface area contributed by atoms with Gasteiger partial charge in [-0.15, -0.1) is 0 Å². The fraction of sp³-hybridized carbons (Fsp3) is 0.143. The van der Waals surface area contributed by atoms with Crippen molar-refractivity contribution in [2.75, 3.05) is 12.8 Å². The van der Waals surface area contributed by atoms with Crippen LogP contribution in [-0.2, 0) is 17.9 Å². The van der Waals surface area contributed by atoms with Gasteiger partial charge in [-0.05, 0) is 36.4 Å². The van der Waals surface area contributed by atoms with Crippen LogP contribution in [0.15, 0.2) is 48.7 Å². The van der Waals surface area contributed by atoms with E-state index in [2.05, 4.69) is 15.0 Å². The van der Waals surface area contributed by atoms with E-state index < -0.39 is 5.82 Å². The maximum Gasteiger partial charge on any atom is 0.221 e. The number of nitrogens with zero attached hydrogens (tertiary/aromatic N) is 5. The molecule has 0 aliphatic heterocycles. The smallest absolute Gasteiger partial charge is 0.221 e. The Balaban J connectivity index is 1.86. The van der Waals surface area contributed by atoms with Crippen LogP contribution in [0.4, 0.5) is 10.3 Å². The molecule has 0 unspecified atom stereocenters. The fourth-order valence-corrected chi connectivity index (χ4v) is 2.87. The lowest BCUT2D eigenvalue weighted by molar-refractivity contribution is 0.181. The van der Waals surface area contributed by atoms with Crippen molar-refractivity contribution < 1.29 is 9.13 Å². The Morgan fingerprint density at radius 3 is 2.71 bits per heavy atom. The van der Waals surface area contributed by atoms with Crippen LogP contribution >= 0.6 is 0 Å². The summed E-state index contributed by atoms with van der Waals surface area (Å²) < 4.78 is 19.4. The van der Waals surface area contributed by atoms with Gasteiger partial charge in [-0.3, -0.25) is 4.98 Å². The minimum atomic E-state index is -0.548. The summed E-state index contributed by atoms with van der Waals surface area (Å²) in [5, 5.41) is 10.4. The molecule has 0 spiro atoms. The highest BCUT2D eigenvalue weighted by atomic mass is 19.1. The summed E-state index contributed by atoms with van der Waals surface area (Å²) >= 11 is 0. The molecule has 0 saturated heterocycles. The van der Waals surface area contributed by atoms with Gasteiger partial charge in [0.05, 0.1) is 53.3 Å². The number of nitrogens with two attached hydrogens (primary N) is 3. The minimum Gasteiger partial charge on any atom is -0.396 e. The Labute approximate surface area is 178 Å². The highest BCUT2D eigenvalue weighted by molar-refractivity contribution is 5.69. The number of halogens is 1. The molecule has 1 aromatic carbocycles. The van der Waals surface area contributed by atoms with Gasteiger partial charge in [0.15, 0.2) is 0 Å². The van der Waals surface area contributed by atoms with E-state index in [0.29, 0.717) is 6.61 Å². The van der Waals surface area contributed by atoms with Crippen molar-refractivity contribution in [3.05, 3.63) is 77.1 Å². The van der Waals surface area contributed by atoms with Gasteiger partial charge in [0.1, 0.15) is 5.82 Å². The third kappa shape index (κ3) is 5.51. The average molecular weight is 420 g/mol. The third-order valence-corrected chi connectivity index (χ3v) is 4.22. The second-order valence-electron chi connectivity index (χ2n) is 6.61. The van der Waals surface area contributed by atoms with E-state index in [4.69, 9.17) is 27.3 Å². The zero-order chi connectivity index (χ0) is 22.4. The molecule has 0 fully saturated rings. The first-order valence-electron chi connectivity index (χ1n) is 9.17. The summed E-state index contributed by atoms with van der Waals surface area (Å²) in [6, 6.07) is 12.9. The summed E-state index contributed by atoms with van der Waals surface area (Å²) in [5.74, 6) is 5.41. The zero-order valence-electron chi connectivity index (χ0n) is 16.8.